The van der Waals surface area contributed by atoms with Gasteiger partial charge >= 0.3 is 0 Å². The summed E-state index contributed by atoms with van der Waals surface area (Å²) < 4.78 is 0. The van der Waals surface area contributed by atoms with Gasteiger partial charge in [-0.15, -0.1) is 0 Å². The Labute approximate surface area is 68.2 Å². The molecule has 2 aliphatic rings. The van der Waals surface area contributed by atoms with Crippen molar-refractivity contribution in [3.05, 3.63) is 0 Å². The molecule has 0 aliphatic heterocycles. The number of rotatable bonds is 0. The highest BCUT2D eigenvalue weighted by Gasteiger charge is 2.45. The second-order valence-corrected chi connectivity index (χ2v) is 4.75. The topological polar surface area (TPSA) is 17.1 Å². The lowest BCUT2D eigenvalue weighted by atomic mass is 9.72. The highest BCUT2D eigenvalue weighted by atomic mass is 16.1. The molecule has 62 valence electrons. The van der Waals surface area contributed by atoms with E-state index in [0.29, 0.717) is 17.1 Å². The van der Waals surface area contributed by atoms with Crippen molar-refractivity contribution in [2.24, 2.45) is 17.3 Å². The summed E-state index contributed by atoms with van der Waals surface area (Å²) >= 11 is 0. The quantitative estimate of drug-likeness (QED) is 0.521. The molecule has 0 N–H and O–H groups in total. The van der Waals surface area contributed by atoms with Crippen LogP contribution in [0.15, 0.2) is 0 Å². The molecule has 0 saturated heterocycles. The molecule has 0 spiro atoms. The molecule has 0 aromatic carbocycles. The van der Waals surface area contributed by atoms with Gasteiger partial charge in [-0.25, -0.2) is 0 Å². The third-order valence-electron chi connectivity index (χ3n) is 3.69. The van der Waals surface area contributed by atoms with Gasteiger partial charge in [0.25, 0.3) is 0 Å². The SMILES string of the molecule is C[C@H]1C(=O)C[C@@]2(C)CC[C@H]1C2. The van der Waals surface area contributed by atoms with Crippen LogP contribution in [-0.2, 0) is 4.79 Å². The predicted octanol–water partition coefficient (Wildman–Crippen LogP) is 2.40. The van der Waals surface area contributed by atoms with Gasteiger partial charge in [-0.1, -0.05) is 13.8 Å². The van der Waals surface area contributed by atoms with Crippen LogP contribution in [-0.4, -0.2) is 5.78 Å². The Kier molecular flexibility index (Phi) is 1.39. The van der Waals surface area contributed by atoms with Crippen LogP contribution in [0.2, 0.25) is 0 Å². The Balaban J connectivity index is 2.23. The van der Waals surface area contributed by atoms with Crippen molar-refractivity contribution in [2.75, 3.05) is 0 Å². The molecule has 2 aliphatic carbocycles. The van der Waals surface area contributed by atoms with E-state index in [9.17, 15) is 4.79 Å². The molecule has 0 radical (unpaired) electrons. The Morgan fingerprint density at radius 3 is 3.00 bits per heavy atom. The van der Waals surface area contributed by atoms with Gasteiger partial charge in [0.1, 0.15) is 5.78 Å². The number of carbonyl (C=O) groups is 1. The van der Waals surface area contributed by atoms with Crippen LogP contribution >= 0.6 is 0 Å². The average molecular weight is 152 g/mol. The molecular formula is C10H16O. The van der Waals surface area contributed by atoms with Gasteiger partial charge in [-0.05, 0) is 30.6 Å². The molecule has 2 saturated carbocycles. The first-order valence-electron chi connectivity index (χ1n) is 4.63. The number of ketones is 1. The van der Waals surface area contributed by atoms with E-state index in [4.69, 9.17) is 0 Å². The van der Waals surface area contributed by atoms with Crippen molar-refractivity contribution < 1.29 is 4.79 Å². The minimum absolute atomic E-state index is 0.366. The molecule has 0 aromatic heterocycles. The van der Waals surface area contributed by atoms with Crippen molar-refractivity contribution in [1.29, 1.82) is 0 Å². The third-order valence-corrected chi connectivity index (χ3v) is 3.69. The monoisotopic (exact) mass is 152 g/mol. The van der Waals surface area contributed by atoms with Crippen molar-refractivity contribution >= 4 is 5.78 Å². The fourth-order valence-electron chi connectivity index (χ4n) is 2.80. The highest BCUT2D eigenvalue weighted by molar-refractivity contribution is 5.82. The molecule has 0 unspecified atom stereocenters. The van der Waals surface area contributed by atoms with E-state index >= 15 is 0 Å². The molecule has 0 heterocycles. The molecule has 1 nitrogen and oxygen atoms in total. The summed E-state index contributed by atoms with van der Waals surface area (Å²) in [7, 11) is 0. The largest absolute Gasteiger partial charge is 0.299 e. The Hall–Kier alpha value is -0.330. The second-order valence-electron chi connectivity index (χ2n) is 4.75. The third kappa shape index (κ3) is 1.02. The van der Waals surface area contributed by atoms with Gasteiger partial charge in [0.2, 0.25) is 0 Å². The highest BCUT2D eigenvalue weighted by Crippen LogP contribution is 2.51. The smallest absolute Gasteiger partial charge is 0.136 e. The number of Topliss-reactive ketones (excluding diaryl/α,β-unsaturated/α-hetero) is 1. The summed E-state index contributed by atoms with van der Waals surface area (Å²) in [5.74, 6) is 1.60. The summed E-state index contributed by atoms with van der Waals surface area (Å²) in [5, 5.41) is 0. The van der Waals surface area contributed by atoms with E-state index in [-0.39, 0.29) is 0 Å². The molecular weight excluding hydrogens is 136 g/mol. The Morgan fingerprint density at radius 2 is 2.27 bits per heavy atom. The standard InChI is InChI=1S/C10H16O/c1-7-8-3-4-10(2,5-8)6-9(7)11/h7-8H,3-6H2,1-2H3/t7-,8+,10+/m1/s1. The summed E-state index contributed by atoms with van der Waals surface area (Å²) in [6, 6.07) is 0. The average Bonchev–Trinajstić information content (AvgIpc) is 2.25. The first-order valence-corrected chi connectivity index (χ1v) is 4.63. The maximum Gasteiger partial charge on any atom is 0.136 e. The predicted molar refractivity (Wildman–Crippen MR) is 44.2 cm³/mol. The van der Waals surface area contributed by atoms with Crippen molar-refractivity contribution in [3.8, 4) is 0 Å². The van der Waals surface area contributed by atoms with Crippen LogP contribution < -0.4 is 0 Å². The molecule has 2 fully saturated rings. The van der Waals surface area contributed by atoms with Crippen LogP contribution in [0.3, 0.4) is 0 Å². The van der Waals surface area contributed by atoms with E-state index in [1.165, 1.54) is 19.3 Å². The number of hydrogen-bond acceptors (Lipinski definition) is 1. The first-order chi connectivity index (χ1) is 5.11. The molecule has 3 atom stereocenters. The molecule has 0 aromatic rings. The van der Waals surface area contributed by atoms with E-state index < -0.39 is 0 Å². The molecule has 2 rings (SSSR count). The number of carbonyl (C=O) groups excluding carboxylic acids is 1. The number of hydrogen-bond donors (Lipinski definition) is 0. The van der Waals surface area contributed by atoms with Gasteiger partial charge in [0.05, 0.1) is 0 Å². The lowest BCUT2D eigenvalue weighted by Crippen LogP contribution is -2.30. The van der Waals surface area contributed by atoms with E-state index in [0.717, 1.165) is 12.3 Å². The Morgan fingerprint density at radius 1 is 1.55 bits per heavy atom. The van der Waals surface area contributed by atoms with E-state index in [1.54, 1.807) is 0 Å². The summed E-state index contributed by atoms with van der Waals surface area (Å²) in [6.07, 6.45) is 4.74. The van der Waals surface area contributed by atoms with Crippen LogP contribution in [0.5, 0.6) is 0 Å². The molecule has 2 bridgehead atoms. The molecule has 1 heteroatoms. The van der Waals surface area contributed by atoms with Gasteiger partial charge < -0.3 is 0 Å². The van der Waals surface area contributed by atoms with Crippen LogP contribution in [0.25, 0.3) is 0 Å². The second kappa shape index (κ2) is 2.09. The zero-order valence-electron chi connectivity index (χ0n) is 7.39. The fraction of sp³-hybridized carbons (Fsp3) is 0.900. The van der Waals surface area contributed by atoms with Crippen molar-refractivity contribution in [3.63, 3.8) is 0 Å². The number of fused-ring (bicyclic) bond motifs is 2. The normalized spacial score (nSPS) is 49.8. The van der Waals surface area contributed by atoms with Crippen LogP contribution in [0, 0.1) is 17.3 Å². The zero-order valence-corrected chi connectivity index (χ0v) is 7.39. The summed E-state index contributed by atoms with van der Waals surface area (Å²) in [6.45, 7) is 4.38. The van der Waals surface area contributed by atoms with Crippen LogP contribution in [0.4, 0.5) is 0 Å². The lowest BCUT2D eigenvalue weighted by molar-refractivity contribution is -0.127. The molecule has 11 heavy (non-hydrogen) atoms. The van der Waals surface area contributed by atoms with Gasteiger partial charge in [0, 0.05) is 12.3 Å². The fourth-order valence-corrected chi connectivity index (χ4v) is 2.80. The Bertz CT molecular complexity index is 197. The lowest BCUT2D eigenvalue weighted by Gasteiger charge is -2.31. The molecule has 0 amide bonds. The summed E-state index contributed by atoms with van der Waals surface area (Å²) in [5.41, 5.74) is 0.397. The maximum absolute atomic E-state index is 11.5. The van der Waals surface area contributed by atoms with Crippen molar-refractivity contribution in [2.45, 2.75) is 39.5 Å². The first kappa shape index (κ1) is 7.33. The van der Waals surface area contributed by atoms with Crippen molar-refractivity contribution in [1.82, 2.24) is 0 Å². The van der Waals surface area contributed by atoms with Gasteiger partial charge in [0.15, 0.2) is 0 Å². The van der Waals surface area contributed by atoms with Gasteiger partial charge in [-0.3, -0.25) is 4.79 Å². The minimum atomic E-state index is 0.366. The zero-order chi connectivity index (χ0) is 8.06. The van der Waals surface area contributed by atoms with Crippen LogP contribution in [0.1, 0.15) is 39.5 Å². The van der Waals surface area contributed by atoms with E-state index in [2.05, 4.69) is 13.8 Å². The van der Waals surface area contributed by atoms with Gasteiger partial charge in [-0.2, -0.15) is 0 Å². The summed E-state index contributed by atoms with van der Waals surface area (Å²) in [4.78, 5) is 11.5. The minimum Gasteiger partial charge on any atom is -0.299 e. The van der Waals surface area contributed by atoms with E-state index in [1.807, 2.05) is 0 Å². The maximum atomic E-state index is 11.5.